The maximum absolute atomic E-state index is 3.74. The standard InChI is InChI=1S/C11H24Br2Si/c1-3-4-5-6-7-8-9-10-11-14(2,12)13/h3-11H2,1-2H3. The number of rotatable bonds is 9. The first-order valence-corrected chi connectivity index (χ1v) is 13.2. The Bertz CT molecular complexity index is 121. The highest BCUT2D eigenvalue weighted by Crippen LogP contribution is 2.27. The van der Waals surface area contributed by atoms with Crippen LogP contribution in [0.5, 0.6) is 0 Å². The molecule has 0 amide bonds. The highest BCUT2D eigenvalue weighted by molar-refractivity contribution is 9.51. The molecule has 0 unspecified atom stereocenters. The lowest BCUT2D eigenvalue weighted by Gasteiger charge is -2.10. The number of halogens is 2. The molecule has 0 nitrogen and oxygen atoms in total. The van der Waals surface area contributed by atoms with Gasteiger partial charge in [0.25, 0.3) is 0 Å². The summed E-state index contributed by atoms with van der Waals surface area (Å²) in [6.45, 7) is 4.59. The predicted octanol–water partition coefficient (Wildman–Crippen LogP) is 5.99. The summed E-state index contributed by atoms with van der Waals surface area (Å²) >= 11 is 7.47. The minimum absolute atomic E-state index is 1.11. The van der Waals surface area contributed by atoms with Crippen LogP contribution in [-0.2, 0) is 0 Å². The Balaban J connectivity index is 2.99. The zero-order valence-corrected chi connectivity index (χ0v) is 13.8. The molecule has 0 N–H and O–H groups in total. The summed E-state index contributed by atoms with van der Waals surface area (Å²) in [6, 6.07) is 1.36. The summed E-state index contributed by atoms with van der Waals surface area (Å²) in [5, 5.41) is -1.11. The second-order valence-corrected chi connectivity index (χ2v) is 20.6. The van der Waals surface area contributed by atoms with Gasteiger partial charge in [0, 0.05) is 0 Å². The fraction of sp³-hybridized carbons (Fsp3) is 1.00. The van der Waals surface area contributed by atoms with Crippen molar-refractivity contribution in [2.75, 3.05) is 0 Å². The summed E-state index contributed by atoms with van der Waals surface area (Å²) in [5.41, 5.74) is 0. The maximum Gasteiger partial charge on any atom is 0.198 e. The SMILES string of the molecule is CCCCCCCCCC[Si](C)(Br)Br. The van der Waals surface area contributed by atoms with E-state index in [2.05, 4.69) is 44.1 Å². The van der Waals surface area contributed by atoms with Gasteiger partial charge in [-0.05, 0) is 6.04 Å². The highest BCUT2D eigenvalue weighted by atomic mass is 79.9. The van der Waals surface area contributed by atoms with E-state index < -0.39 is 5.31 Å². The Morgan fingerprint density at radius 1 is 0.786 bits per heavy atom. The van der Waals surface area contributed by atoms with Gasteiger partial charge >= 0.3 is 0 Å². The number of hydrogen-bond donors (Lipinski definition) is 0. The Kier molecular flexibility index (Phi) is 10.2. The number of hydrogen-bond acceptors (Lipinski definition) is 0. The lowest BCUT2D eigenvalue weighted by Crippen LogP contribution is -2.09. The highest BCUT2D eigenvalue weighted by Gasteiger charge is 2.17. The van der Waals surface area contributed by atoms with Crippen LogP contribution in [0.2, 0.25) is 12.6 Å². The van der Waals surface area contributed by atoms with Crippen molar-refractivity contribution in [3.63, 3.8) is 0 Å². The van der Waals surface area contributed by atoms with E-state index in [-0.39, 0.29) is 0 Å². The van der Waals surface area contributed by atoms with Crippen molar-refractivity contribution in [2.24, 2.45) is 0 Å². The molecule has 0 radical (unpaired) electrons. The third-order valence-corrected chi connectivity index (χ3v) is 6.08. The minimum Gasteiger partial charge on any atom is -0.111 e. The Hall–Kier alpha value is 1.18. The maximum atomic E-state index is 3.74. The third kappa shape index (κ3) is 13.2. The van der Waals surface area contributed by atoms with Crippen molar-refractivity contribution in [3.05, 3.63) is 0 Å². The van der Waals surface area contributed by atoms with Crippen LogP contribution in [0.1, 0.15) is 58.3 Å². The Morgan fingerprint density at radius 2 is 1.21 bits per heavy atom. The van der Waals surface area contributed by atoms with Gasteiger partial charge < -0.3 is 0 Å². The van der Waals surface area contributed by atoms with Gasteiger partial charge in [-0.25, -0.2) is 0 Å². The first-order valence-electron chi connectivity index (χ1n) is 5.94. The molecule has 0 aliphatic heterocycles. The molecule has 3 heteroatoms. The van der Waals surface area contributed by atoms with Gasteiger partial charge in [-0.1, -0.05) is 64.8 Å². The summed E-state index contributed by atoms with van der Waals surface area (Å²) in [4.78, 5) is 0. The third-order valence-electron chi connectivity index (χ3n) is 2.47. The summed E-state index contributed by atoms with van der Waals surface area (Å²) in [7, 11) is 0. The molecule has 14 heavy (non-hydrogen) atoms. The Labute approximate surface area is 106 Å². The number of unbranched alkanes of at least 4 members (excludes halogenated alkanes) is 7. The van der Waals surface area contributed by atoms with Crippen molar-refractivity contribution in [1.29, 1.82) is 0 Å². The molecule has 86 valence electrons. The second-order valence-electron chi connectivity index (χ2n) is 4.30. The summed E-state index contributed by atoms with van der Waals surface area (Å²) in [5.74, 6) is 0. The smallest absolute Gasteiger partial charge is 0.111 e. The quantitative estimate of drug-likeness (QED) is 0.274. The summed E-state index contributed by atoms with van der Waals surface area (Å²) < 4.78 is 0. The van der Waals surface area contributed by atoms with E-state index in [1.807, 2.05) is 0 Å². The molecule has 0 aromatic rings. The topological polar surface area (TPSA) is 0 Å². The zero-order valence-electron chi connectivity index (χ0n) is 9.62. The molecule has 0 spiro atoms. The lowest BCUT2D eigenvalue weighted by atomic mass is 10.1. The van der Waals surface area contributed by atoms with Gasteiger partial charge in [-0.15, -0.1) is 30.6 Å². The van der Waals surface area contributed by atoms with Gasteiger partial charge in [-0.3, -0.25) is 0 Å². The molecule has 0 bridgehead atoms. The largest absolute Gasteiger partial charge is 0.198 e. The zero-order chi connectivity index (χ0) is 10.9. The van der Waals surface area contributed by atoms with Crippen molar-refractivity contribution >= 4 is 35.9 Å². The molecule has 0 atom stereocenters. The summed E-state index contributed by atoms with van der Waals surface area (Å²) in [6.07, 6.45) is 11.4. The lowest BCUT2D eigenvalue weighted by molar-refractivity contribution is 0.584. The van der Waals surface area contributed by atoms with Crippen LogP contribution < -0.4 is 0 Å². The van der Waals surface area contributed by atoms with Crippen LogP contribution in [0.4, 0.5) is 0 Å². The van der Waals surface area contributed by atoms with Crippen LogP contribution in [0.3, 0.4) is 0 Å². The molecule has 0 aromatic heterocycles. The molecule has 0 rings (SSSR count). The Morgan fingerprint density at radius 3 is 1.64 bits per heavy atom. The molecular weight excluding hydrogens is 320 g/mol. The van der Waals surface area contributed by atoms with Crippen molar-refractivity contribution in [3.8, 4) is 0 Å². The molecule has 0 saturated heterocycles. The van der Waals surface area contributed by atoms with Gasteiger partial charge in [0.15, 0.2) is 5.31 Å². The molecular formula is C11H24Br2Si. The van der Waals surface area contributed by atoms with E-state index in [9.17, 15) is 0 Å². The van der Waals surface area contributed by atoms with E-state index >= 15 is 0 Å². The van der Waals surface area contributed by atoms with E-state index in [0.29, 0.717) is 0 Å². The average molecular weight is 344 g/mol. The van der Waals surface area contributed by atoms with Crippen LogP contribution in [-0.4, -0.2) is 5.31 Å². The fourth-order valence-electron chi connectivity index (χ4n) is 1.57. The van der Waals surface area contributed by atoms with Gasteiger partial charge in [0.05, 0.1) is 0 Å². The molecule has 0 heterocycles. The van der Waals surface area contributed by atoms with Crippen LogP contribution in [0, 0.1) is 0 Å². The molecule has 0 fully saturated rings. The van der Waals surface area contributed by atoms with Crippen LogP contribution in [0.25, 0.3) is 0 Å². The van der Waals surface area contributed by atoms with Gasteiger partial charge in [0.1, 0.15) is 0 Å². The van der Waals surface area contributed by atoms with Gasteiger partial charge in [-0.2, -0.15) is 0 Å². The first kappa shape index (κ1) is 15.2. The second kappa shape index (κ2) is 9.41. The monoisotopic (exact) mass is 342 g/mol. The van der Waals surface area contributed by atoms with Crippen molar-refractivity contribution in [1.82, 2.24) is 0 Å². The van der Waals surface area contributed by atoms with Crippen molar-refractivity contribution in [2.45, 2.75) is 70.9 Å². The van der Waals surface area contributed by atoms with Gasteiger partial charge in [0.2, 0.25) is 0 Å². The van der Waals surface area contributed by atoms with E-state index in [1.165, 1.54) is 57.4 Å². The molecule has 0 aromatic carbocycles. The minimum atomic E-state index is -1.11. The molecule has 0 aliphatic carbocycles. The normalized spacial score (nSPS) is 12.0. The average Bonchev–Trinajstić information content (AvgIpc) is 2.08. The van der Waals surface area contributed by atoms with E-state index in [1.54, 1.807) is 0 Å². The first-order chi connectivity index (χ1) is 6.56. The fourth-order valence-corrected chi connectivity index (χ4v) is 4.12. The van der Waals surface area contributed by atoms with E-state index in [4.69, 9.17) is 0 Å². The van der Waals surface area contributed by atoms with E-state index in [0.717, 1.165) is 0 Å². The van der Waals surface area contributed by atoms with Crippen LogP contribution in [0.15, 0.2) is 0 Å². The van der Waals surface area contributed by atoms with Crippen molar-refractivity contribution < 1.29 is 0 Å². The molecule has 0 saturated carbocycles. The van der Waals surface area contributed by atoms with Crippen LogP contribution >= 0.6 is 30.6 Å². The molecule has 0 aliphatic rings. The predicted molar refractivity (Wildman–Crippen MR) is 76.9 cm³/mol.